The van der Waals surface area contributed by atoms with Gasteiger partial charge in [0.15, 0.2) is 0 Å². The normalized spacial score (nSPS) is 18.2. The van der Waals surface area contributed by atoms with Crippen LogP contribution in [0, 0.1) is 0 Å². The van der Waals surface area contributed by atoms with E-state index in [4.69, 9.17) is 0 Å². The van der Waals surface area contributed by atoms with E-state index >= 15 is 0 Å². The number of rotatable bonds is 3. The second kappa shape index (κ2) is 7.14. The van der Waals surface area contributed by atoms with E-state index in [2.05, 4.69) is 58.0 Å². The molecule has 1 aromatic heterocycles. The fourth-order valence-electron chi connectivity index (χ4n) is 3.89. The SMILES string of the molecule is O=C(Cn1ccc2ccccc21)N1CCCC[C@H](c2ccccc2)C1. The zero-order valence-electron chi connectivity index (χ0n) is 14.5. The molecule has 3 heteroatoms. The molecule has 0 radical (unpaired) electrons. The molecule has 1 aliphatic heterocycles. The first-order valence-electron chi connectivity index (χ1n) is 9.18. The molecule has 1 aliphatic rings. The lowest BCUT2D eigenvalue weighted by Gasteiger charge is -2.25. The number of fused-ring (bicyclic) bond motifs is 1. The summed E-state index contributed by atoms with van der Waals surface area (Å²) in [5, 5.41) is 1.19. The molecule has 3 aromatic rings. The highest BCUT2D eigenvalue weighted by molar-refractivity contribution is 5.83. The molecule has 4 rings (SSSR count). The highest BCUT2D eigenvalue weighted by Crippen LogP contribution is 2.26. The molecule has 0 saturated carbocycles. The molecular formula is C22H24N2O. The van der Waals surface area contributed by atoms with E-state index in [-0.39, 0.29) is 5.91 Å². The van der Waals surface area contributed by atoms with Gasteiger partial charge < -0.3 is 9.47 Å². The molecular weight excluding hydrogens is 308 g/mol. The highest BCUT2D eigenvalue weighted by atomic mass is 16.2. The van der Waals surface area contributed by atoms with Gasteiger partial charge in [0.25, 0.3) is 0 Å². The van der Waals surface area contributed by atoms with Gasteiger partial charge in [-0.05, 0) is 35.9 Å². The van der Waals surface area contributed by atoms with E-state index in [0.29, 0.717) is 12.5 Å². The van der Waals surface area contributed by atoms with Gasteiger partial charge in [-0.3, -0.25) is 4.79 Å². The number of aromatic nitrogens is 1. The summed E-state index contributed by atoms with van der Waals surface area (Å²) >= 11 is 0. The fraction of sp³-hybridized carbons (Fsp3) is 0.318. The van der Waals surface area contributed by atoms with Gasteiger partial charge in [0.05, 0.1) is 0 Å². The lowest BCUT2D eigenvalue weighted by Crippen LogP contribution is -2.36. The molecule has 1 atom stereocenters. The summed E-state index contributed by atoms with van der Waals surface area (Å²) in [6.45, 7) is 2.14. The topological polar surface area (TPSA) is 25.2 Å². The van der Waals surface area contributed by atoms with Crippen LogP contribution in [0.2, 0.25) is 0 Å². The Labute approximate surface area is 148 Å². The molecule has 0 N–H and O–H groups in total. The number of nitrogens with zero attached hydrogens (tertiary/aromatic N) is 2. The third-order valence-electron chi connectivity index (χ3n) is 5.28. The van der Waals surface area contributed by atoms with Gasteiger partial charge in [-0.2, -0.15) is 0 Å². The molecule has 3 nitrogen and oxygen atoms in total. The van der Waals surface area contributed by atoms with Crippen molar-refractivity contribution >= 4 is 16.8 Å². The van der Waals surface area contributed by atoms with E-state index in [1.54, 1.807) is 0 Å². The summed E-state index contributed by atoms with van der Waals surface area (Å²) in [6.07, 6.45) is 5.48. The first-order valence-corrected chi connectivity index (χ1v) is 9.18. The molecule has 2 heterocycles. The summed E-state index contributed by atoms with van der Waals surface area (Å²) in [7, 11) is 0. The summed E-state index contributed by atoms with van der Waals surface area (Å²) in [5.41, 5.74) is 2.49. The van der Waals surface area contributed by atoms with Crippen LogP contribution in [0.25, 0.3) is 10.9 Å². The lowest BCUT2D eigenvalue weighted by molar-refractivity contribution is -0.131. The number of benzene rings is 2. The number of hydrogen-bond acceptors (Lipinski definition) is 1. The average molecular weight is 332 g/mol. The number of carbonyl (C=O) groups is 1. The quantitative estimate of drug-likeness (QED) is 0.696. The van der Waals surface area contributed by atoms with Gasteiger partial charge in [-0.15, -0.1) is 0 Å². The summed E-state index contributed by atoms with van der Waals surface area (Å²) in [5.74, 6) is 0.679. The van der Waals surface area contributed by atoms with E-state index in [1.807, 2.05) is 18.3 Å². The van der Waals surface area contributed by atoms with Crippen LogP contribution < -0.4 is 0 Å². The van der Waals surface area contributed by atoms with Crippen molar-refractivity contribution in [1.82, 2.24) is 9.47 Å². The average Bonchev–Trinajstić information content (AvgIpc) is 2.90. The minimum absolute atomic E-state index is 0.226. The molecule has 0 bridgehead atoms. The predicted octanol–water partition coefficient (Wildman–Crippen LogP) is 4.44. The number of carbonyl (C=O) groups excluding carboxylic acids is 1. The van der Waals surface area contributed by atoms with Crippen LogP contribution in [0.4, 0.5) is 0 Å². The van der Waals surface area contributed by atoms with E-state index in [9.17, 15) is 4.79 Å². The van der Waals surface area contributed by atoms with E-state index < -0.39 is 0 Å². The molecule has 1 saturated heterocycles. The largest absolute Gasteiger partial charge is 0.341 e. The summed E-state index contributed by atoms with van der Waals surface area (Å²) in [4.78, 5) is 15.0. The Morgan fingerprint density at radius 3 is 2.64 bits per heavy atom. The first-order chi connectivity index (χ1) is 12.3. The Morgan fingerprint density at radius 2 is 1.76 bits per heavy atom. The minimum atomic E-state index is 0.226. The number of hydrogen-bond donors (Lipinski definition) is 0. The van der Waals surface area contributed by atoms with Crippen LogP contribution >= 0.6 is 0 Å². The molecule has 1 amide bonds. The molecule has 128 valence electrons. The third kappa shape index (κ3) is 3.46. The molecule has 1 fully saturated rings. The molecule has 25 heavy (non-hydrogen) atoms. The monoisotopic (exact) mass is 332 g/mol. The zero-order valence-corrected chi connectivity index (χ0v) is 14.5. The van der Waals surface area contributed by atoms with E-state index in [1.165, 1.54) is 23.8 Å². The van der Waals surface area contributed by atoms with Gasteiger partial charge >= 0.3 is 0 Å². The maximum Gasteiger partial charge on any atom is 0.242 e. The Kier molecular flexibility index (Phi) is 4.55. The fourth-order valence-corrected chi connectivity index (χ4v) is 3.89. The van der Waals surface area contributed by atoms with Crippen molar-refractivity contribution in [1.29, 1.82) is 0 Å². The second-order valence-corrected chi connectivity index (χ2v) is 6.95. The van der Waals surface area contributed by atoms with Gasteiger partial charge in [-0.25, -0.2) is 0 Å². The summed E-state index contributed by atoms with van der Waals surface area (Å²) in [6, 6.07) is 20.9. The highest BCUT2D eigenvalue weighted by Gasteiger charge is 2.23. The van der Waals surface area contributed by atoms with Crippen LogP contribution in [0.15, 0.2) is 66.9 Å². The first kappa shape index (κ1) is 15.9. The Bertz CT molecular complexity index is 853. The minimum Gasteiger partial charge on any atom is -0.341 e. The van der Waals surface area contributed by atoms with Crippen LogP contribution in [0.5, 0.6) is 0 Å². The van der Waals surface area contributed by atoms with Gasteiger partial charge in [-0.1, -0.05) is 55.0 Å². The standard InChI is InChI=1S/C22H24N2O/c25-22(17-23-15-13-19-10-4-5-12-21(19)23)24-14-7-6-11-20(16-24)18-8-2-1-3-9-18/h1-5,8-10,12-13,15,20H,6-7,11,14,16-17H2/t20-/m0/s1. The van der Waals surface area contributed by atoms with Crippen molar-refractivity contribution in [3.8, 4) is 0 Å². The summed E-state index contributed by atoms with van der Waals surface area (Å²) < 4.78 is 2.07. The molecule has 0 aliphatic carbocycles. The molecule has 0 unspecified atom stereocenters. The van der Waals surface area contributed by atoms with Crippen molar-refractivity contribution in [3.05, 3.63) is 72.4 Å². The molecule has 0 spiro atoms. The maximum absolute atomic E-state index is 12.9. The number of likely N-dealkylation sites (tertiary alicyclic amines) is 1. The maximum atomic E-state index is 12.9. The van der Waals surface area contributed by atoms with E-state index in [0.717, 1.165) is 25.0 Å². The molecule has 2 aromatic carbocycles. The van der Waals surface area contributed by atoms with Gasteiger partial charge in [0.2, 0.25) is 5.91 Å². The zero-order chi connectivity index (χ0) is 17.1. The lowest BCUT2D eigenvalue weighted by atomic mass is 9.94. The second-order valence-electron chi connectivity index (χ2n) is 6.95. The van der Waals surface area contributed by atoms with Crippen LogP contribution in [0.1, 0.15) is 30.7 Å². The van der Waals surface area contributed by atoms with Crippen molar-refractivity contribution in [2.24, 2.45) is 0 Å². The third-order valence-corrected chi connectivity index (χ3v) is 5.28. The van der Waals surface area contributed by atoms with Crippen LogP contribution in [0.3, 0.4) is 0 Å². The van der Waals surface area contributed by atoms with Crippen molar-refractivity contribution in [2.45, 2.75) is 31.7 Å². The predicted molar refractivity (Wildman–Crippen MR) is 102 cm³/mol. The van der Waals surface area contributed by atoms with Gasteiger partial charge in [0.1, 0.15) is 6.54 Å². The van der Waals surface area contributed by atoms with Crippen molar-refractivity contribution in [3.63, 3.8) is 0 Å². The van der Waals surface area contributed by atoms with Crippen LogP contribution in [-0.2, 0) is 11.3 Å². The van der Waals surface area contributed by atoms with Crippen LogP contribution in [-0.4, -0.2) is 28.5 Å². The van der Waals surface area contributed by atoms with Crippen molar-refractivity contribution < 1.29 is 4.79 Å². The Morgan fingerprint density at radius 1 is 0.960 bits per heavy atom. The van der Waals surface area contributed by atoms with Gasteiger partial charge in [0, 0.05) is 30.7 Å². The Balaban J connectivity index is 1.50. The number of amides is 1. The Hall–Kier alpha value is -2.55. The smallest absolute Gasteiger partial charge is 0.242 e. The number of para-hydroxylation sites is 1. The van der Waals surface area contributed by atoms with Crippen molar-refractivity contribution in [2.75, 3.05) is 13.1 Å².